The molecule has 14 heavy (non-hydrogen) atoms. The maximum atomic E-state index is 5.55. The average Bonchev–Trinajstić information content (AvgIpc) is 2.79. The first kappa shape index (κ1) is 9.73. The van der Waals surface area contributed by atoms with Crippen molar-refractivity contribution in [2.75, 3.05) is 24.4 Å². The fourth-order valence-corrected chi connectivity index (χ4v) is 1.48. The third-order valence-electron chi connectivity index (χ3n) is 2.03. The highest BCUT2D eigenvalue weighted by Crippen LogP contribution is 2.12. The topological polar surface area (TPSA) is 60.2 Å². The minimum Gasteiger partial charge on any atom is -0.408 e. The highest BCUT2D eigenvalue weighted by molar-refractivity contribution is 6.17. The van der Waals surface area contributed by atoms with Crippen molar-refractivity contribution < 1.29 is 9.15 Å². The van der Waals surface area contributed by atoms with Gasteiger partial charge in [0.15, 0.2) is 0 Å². The molecule has 5 nitrogen and oxygen atoms in total. The fourth-order valence-electron chi connectivity index (χ4n) is 1.32. The van der Waals surface area contributed by atoms with Crippen molar-refractivity contribution in [3.05, 3.63) is 5.89 Å². The lowest BCUT2D eigenvalue weighted by Gasteiger charge is -2.05. The van der Waals surface area contributed by atoms with E-state index in [-0.39, 0.29) is 0 Å². The van der Waals surface area contributed by atoms with Crippen LogP contribution in [0.1, 0.15) is 12.3 Å². The molecule has 1 atom stereocenters. The summed E-state index contributed by atoms with van der Waals surface area (Å²) in [4.78, 5) is 0. The van der Waals surface area contributed by atoms with Crippen LogP contribution >= 0.6 is 11.6 Å². The molecule has 1 saturated heterocycles. The van der Waals surface area contributed by atoms with Gasteiger partial charge in [0.05, 0.1) is 12.6 Å². The lowest BCUT2D eigenvalue weighted by molar-refractivity contribution is 0.195. The normalized spacial score (nSPS) is 21.4. The molecule has 1 aliphatic heterocycles. The number of rotatable bonds is 4. The Morgan fingerprint density at radius 1 is 1.50 bits per heavy atom. The summed E-state index contributed by atoms with van der Waals surface area (Å²) in [6, 6.07) is 0.750. The summed E-state index contributed by atoms with van der Waals surface area (Å²) in [6.45, 7) is 1.49. The molecule has 1 unspecified atom stereocenters. The van der Waals surface area contributed by atoms with E-state index < -0.39 is 0 Å². The second kappa shape index (κ2) is 4.61. The zero-order valence-corrected chi connectivity index (χ0v) is 8.46. The Morgan fingerprint density at radius 3 is 3.14 bits per heavy atom. The van der Waals surface area contributed by atoms with Gasteiger partial charge in [0.25, 0.3) is 0 Å². The average molecular weight is 218 g/mol. The van der Waals surface area contributed by atoms with Crippen molar-refractivity contribution in [1.29, 1.82) is 0 Å². The van der Waals surface area contributed by atoms with Crippen molar-refractivity contribution in [3.63, 3.8) is 0 Å². The number of aryl methyl sites for hydroxylation is 1. The number of nitrogens with one attached hydrogen (secondary N) is 1. The molecule has 2 rings (SSSR count). The number of ether oxygens (including phenoxy) is 1. The van der Waals surface area contributed by atoms with E-state index in [2.05, 4.69) is 15.5 Å². The quantitative estimate of drug-likeness (QED) is 0.764. The van der Waals surface area contributed by atoms with Crippen LogP contribution in [-0.4, -0.2) is 35.3 Å². The summed E-state index contributed by atoms with van der Waals surface area (Å²) >= 11 is 5.55. The minimum atomic E-state index is 0.291. The smallest absolute Gasteiger partial charge is 0.315 e. The van der Waals surface area contributed by atoms with Crippen LogP contribution in [0.5, 0.6) is 0 Å². The molecule has 6 heteroatoms. The zero-order chi connectivity index (χ0) is 9.80. The Kier molecular flexibility index (Phi) is 3.21. The molecule has 0 amide bonds. The number of anilines is 1. The second-order valence-corrected chi connectivity index (χ2v) is 3.52. The maximum Gasteiger partial charge on any atom is 0.315 e. The molecule has 0 aromatic carbocycles. The fraction of sp³-hybridized carbons (Fsp3) is 0.750. The van der Waals surface area contributed by atoms with Crippen LogP contribution < -0.4 is 5.32 Å². The molecule has 1 aromatic heterocycles. The van der Waals surface area contributed by atoms with Gasteiger partial charge in [-0.2, -0.15) is 0 Å². The van der Waals surface area contributed by atoms with Crippen LogP contribution in [0, 0.1) is 0 Å². The molecular formula is C8H12ClN3O2. The zero-order valence-electron chi connectivity index (χ0n) is 7.70. The van der Waals surface area contributed by atoms with E-state index in [4.69, 9.17) is 20.8 Å². The molecule has 2 heterocycles. The molecule has 0 aliphatic carbocycles. The van der Waals surface area contributed by atoms with E-state index >= 15 is 0 Å². The molecular weight excluding hydrogens is 206 g/mol. The Hall–Kier alpha value is -0.810. The number of hydrogen-bond acceptors (Lipinski definition) is 5. The predicted molar refractivity (Wildman–Crippen MR) is 51.6 cm³/mol. The number of nitrogens with zero attached hydrogens (tertiary/aromatic N) is 2. The lowest BCUT2D eigenvalue weighted by Crippen LogP contribution is -2.18. The number of halogens is 1. The predicted octanol–water partition coefficient (Wildman–Crippen LogP) is 1.05. The van der Waals surface area contributed by atoms with E-state index in [1.807, 2.05) is 0 Å². The molecule has 78 valence electrons. The Bertz CT molecular complexity index is 286. The third kappa shape index (κ3) is 2.36. The number of hydrogen-bond donors (Lipinski definition) is 1. The second-order valence-electron chi connectivity index (χ2n) is 3.14. The van der Waals surface area contributed by atoms with E-state index in [1.54, 1.807) is 0 Å². The molecule has 0 saturated carbocycles. The summed E-state index contributed by atoms with van der Waals surface area (Å²) in [7, 11) is 0. The highest BCUT2D eigenvalue weighted by atomic mass is 35.5. The van der Waals surface area contributed by atoms with Gasteiger partial charge in [0.1, 0.15) is 0 Å². The molecule has 0 spiro atoms. The van der Waals surface area contributed by atoms with Crippen LogP contribution in [-0.2, 0) is 11.2 Å². The Balaban J connectivity index is 1.88. The third-order valence-corrected chi connectivity index (χ3v) is 2.22. The van der Waals surface area contributed by atoms with Gasteiger partial charge < -0.3 is 14.5 Å². The Labute approximate surface area is 86.8 Å². The standard InChI is InChI=1S/C8H12ClN3O2/c9-3-1-7-11-12-8(14-7)10-6-2-4-13-5-6/h6H,1-5H2,(H,10,12). The summed E-state index contributed by atoms with van der Waals surface area (Å²) in [5, 5.41) is 10.8. The summed E-state index contributed by atoms with van der Waals surface area (Å²) < 4.78 is 10.5. The first-order chi connectivity index (χ1) is 6.88. The van der Waals surface area contributed by atoms with Crippen molar-refractivity contribution in [2.24, 2.45) is 0 Å². The van der Waals surface area contributed by atoms with E-state index in [0.717, 1.165) is 13.0 Å². The summed E-state index contributed by atoms with van der Waals surface area (Å²) in [5.74, 6) is 1.06. The minimum absolute atomic E-state index is 0.291. The maximum absolute atomic E-state index is 5.55. The summed E-state index contributed by atoms with van der Waals surface area (Å²) in [5.41, 5.74) is 0. The molecule has 1 N–H and O–H groups in total. The monoisotopic (exact) mass is 217 g/mol. The van der Waals surface area contributed by atoms with Gasteiger partial charge in [-0.3, -0.25) is 0 Å². The van der Waals surface area contributed by atoms with Gasteiger partial charge in [-0.25, -0.2) is 0 Å². The van der Waals surface area contributed by atoms with Crippen molar-refractivity contribution in [2.45, 2.75) is 18.9 Å². The molecule has 0 bridgehead atoms. The first-order valence-electron chi connectivity index (χ1n) is 4.61. The van der Waals surface area contributed by atoms with Gasteiger partial charge in [0.2, 0.25) is 5.89 Å². The van der Waals surface area contributed by atoms with Gasteiger partial charge in [0, 0.05) is 18.9 Å². The first-order valence-corrected chi connectivity index (χ1v) is 5.14. The SMILES string of the molecule is ClCCc1nnc(NC2CCOC2)o1. The molecule has 1 aliphatic rings. The van der Waals surface area contributed by atoms with E-state index in [9.17, 15) is 0 Å². The van der Waals surface area contributed by atoms with Crippen molar-refractivity contribution in [1.82, 2.24) is 10.2 Å². The van der Waals surface area contributed by atoms with Crippen LogP contribution in [0.3, 0.4) is 0 Å². The van der Waals surface area contributed by atoms with Crippen LogP contribution in [0.25, 0.3) is 0 Å². The van der Waals surface area contributed by atoms with Gasteiger partial charge in [-0.1, -0.05) is 5.10 Å². The van der Waals surface area contributed by atoms with E-state index in [1.165, 1.54) is 0 Å². The van der Waals surface area contributed by atoms with Gasteiger partial charge in [-0.15, -0.1) is 16.7 Å². The summed E-state index contributed by atoms with van der Waals surface area (Å²) in [6.07, 6.45) is 1.59. The molecule has 0 radical (unpaired) electrons. The lowest BCUT2D eigenvalue weighted by atomic mass is 10.3. The van der Waals surface area contributed by atoms with E-state index in [0.29, 0.717) is 36.9 Å². The van der Waals surface area contributed by atoms with Crippen LogP contribution in [0.2, 0.25) is 0 Å². The Morgan fingerprint density at radius 2 is 2.43 bits per heavy atom. The largest absolute Gasteiger partial charge is 0.408 e. The molecule has 1 aromatic rings. The molecule has 1 fully saturated rings. The van der Waals surface area contributed by atoms with Crippen molar-refractivity contribution in [3.8, 4) is 0 Å². The van der Waals surface area contributed by atoms with Gasteiger partial charge in [-0.05, 0) is 6.42 Å². The van der Waals surface area contributed by atoms with Gasteiger partial charge >= 0.3 is 6.01 Å². The van der Waals surface area contributed by atoms with Crippen molar-refractivity contribution >= 4 is 17.6 Å². The highest BCUT2D eigenvalue weighted by Gasteiger charge is 2.17. The number of alkyl halides is 1. The van der Waals surface area contributed by atoms with Crippen LogP contribution in [0.4, 0.5) is 6.01 Å². The van der Waals surface area contributed by atoms with Crippen LogP contribution in [0.15, 0.2) is 4.42 Å². The number of aromatic nitrogens is 2.